The average molecular weight is 231 g/mol. The van der Waals surface area contributed by atoms with Crippen molar-refractivity contribution in [2.24, 2.45) is 0 Å². The van der Waals surface area contributed by atoms with E-state index in [1.165, 1.54) is 0 Å². The van der Waals surface area contributed by atoms with Crippen molar-refractivity contribution in [2.75, 3.05) is 0 Å². The number of rotatable bonds is 3. The Labute approximate surface area is 98.7 Å². The summed E-state index contributed by atoms with van der Waals surface area (Å²) < 4.78 is 1.60. The minimum Gasteiger partial charge on any atom is -0.481 e. The summed E-state index contributed by atoms with van der Waals surface area (Å²) in [6.07, 6.45) is 1.65. The predicted molar refractivity (Wildman–Crippen MR) is 62.1 cm³/mol. The zero-order valence-corrected chi connectivity index (χ0v) is 9.66. The van der Waals surface area contributed by atoms with Crippen LogP contribution in [-0.4, -0.2) is 26.1 Å². The first-order valence-corrected chi connectivity index (χ1v) is 5.30. The number of hydrogen-bond donors (Lipinski definition) is 1. The maximum atomic E-state index is 10.8. The zero-order chi connectivity index (χ0) is 12.4. The lowest BCUT2D eigenvalue weighted by atomic mass is 10.1. The van der Waals surface area contributed by atoms with Crippen molar-refractivity contribution >= 4 is 5.97 Å². The van der Waals surface area contributed by atoms with Crippen LogP contribution < -0.4 is 0 Å². The maximum absolute atomic E-state index is 10.8. The van der Waals surface area contributed by atoms with E-state index in [0.29, 0.717) is 5.69 Å². The van der Waals surface area contributed by atoms with E-state index < -0.39 is 11.9 Å². The fraction of sp³-hybridized carbons (Fsp3) is 0.250. The molecule has 0 fully saturated rings. The molecule has 0 aliphatic rings. The van der Waals surface area contributed by atoms with Crippen LogP contribution in [0.2, 0.25) is 0 Å². The molecule has 0 aliphatic heterocycles. The molecule has 0 bridgehead atoms. The number of para-hydroxylation sites is 1. The summed E-state index contributed by atoms with van der Waals surface area (Å²) in [7, 11) is 0. The van der Waals surface area contributed by atoms with Gasteiger partial charge in [-0.3, -0.25) is 4.79 Å². The second kappa shape index (κ2) is 4.37. The summed E-state index contributed by atoms with van der Waals surface area (Å²) in [6, 6.07) is 7.73. The number of carboxylic acids is 1. The Balaban J connectivity index is 2.37. The molecular formula is C12H13N3O2. The van der Waals surface area contributed by atoms with Gasteiger partial charge in [0.15, 0.2) is 0 Å². The monoisotopic (exact) mass is 231 g/mol. The van der Waals surface area contributed by atoms with Gasteiger partial charge in [-0.2, -0.15) is 0 Å². The molecule has 88 valence electrons. The van der Waals surface area contributed by atoms with Gasteiger partial charge in [0.2, 0.25) is 0 Å². The van der Waals surface area contributed by atoms with E-state index in [1.54, 1.807) is 17.8 Å². The standard InChI is InChI=1S/C12H13N3O2/c1-8-5-3-4-6-11(8)15-7-10(13-14-15)9(2)12(16)17/h3-7,9H,1-2H3,(H,16,17). The van der Waals surface area contributed by atoms with Crippen LogP contribution in [0.5, 0.6) is 0 Å². The molecule has 0 aliphatic carbocycles. The lowest BCUT2D eigenvalue weighted by molar-refractivity contribution is -0.138. The molecule has 1 aromatic heterocycles. The molecule has 0 spiro atoms. The van der Waals surface area contributed by atoms with Gasteiger partial charge >= 0.3 is 5.97 Å². The first kappa shape index (κ1) is 11.3. The molecule has 0 saturated heterocycles. The highest BCUT2D eigenvalue weighted by Gasteiger charge is 2.17. The third kappa shape index (κ3) is 2.18. The number of aromatic nitrogens is 3. The predicted octanol–water partition coefficient (Wildman–Crippen LogP) is 1.76. The SMILES string of the molecule is Cc1ccccc1-n1cc(C(C)C(=O)O)nn1. The zero-order valence-electron chi connectivity index (χ0n) is 9.66. The minimum atomic E-state index is -0.901. The van der Waals surface area contributed by atoms with Crippen molar-refractivity contribution in [3.8, 4) is 5.69 Å². The molecule has 2 rings (SSSR count). The van der Waals surface area contributed by atoms with Crippen molar-refractivity contribution in [2.45, 2.75) is 19.8 Å². The third-order valence-corrected chi connectivity index (χ3v) is 2.69. The molecule has 0 saturated carbocycles. The lowest BCUT2D eigenvalue weighted by Gasteiger charge is -2.03. The Hall–Kier alpha value is -2.17. The number of carboxylic acid groups (broad SMARTS) is 1. The van der Waals surface area contributed by atoms with Gasteiger partial charge in [-0.05, 0) is 25.5 Å². The van der Waals surface area contributed by atoms with E-state index in [4.69, 9.17) is 5.11 Å². The first-order valence-electron chi connectivity index (χ1n) is 5.30. The van der Waals surface area contributed by atoms with Crippen LogP contribution in [0.4, 0.5) is 0 Å². The first-order chi connectivity index (χ1) is 8.09. The van der Waals surface area contributed by atoms with Gasteiger partial charge in [-0.25, -0.2) is 4.68 Å². The van der Waals surface area contributed by atoms with E-state index in [0.717, 1.165) is 11.3 Å². The second-order valence-electron chi connectivity index (χ2n) is 3.93. The van der Waals surface area contributed by atoms with E-state index in [1.807, 2.05) is 31.2 Å². The quantitative estimate of drug-likeness (QED) is 0.874. The van der Waals surface area contributed by atoms with Crippen LogP contribution >= 0.6 is 0 Å². The third-order valence-electron chi connectivity index (χ3n) is 2.69. The smallest absolute Gasteiger partial charge is 0.312 e. The Morgan fingerprint density at radius 1 is 1.41 bits per heavy atom. The average Bonchev–Trinajstić information content (AvgIpc) is 2.77. The van der Waals surface area contributed by atoms with E-state index >= 15 is 0 Å². The number of aliphatic carboxylic acids is 1. The van der Waals surface area contributed by atoms with Gasteiger partial charge in [0, 0.05) is 0 Å². The van der Waals surface area contributed by atoms with Gasteiger partial charge in [-0.15, -0.1) is 5.10 Å². The van der Waals surface area contributed by atoms with Crippen LogP contribution in [0.15, 0.2) is 30.5 Å². The van der Waals surface area contributed by atoms with Crippen LogP contribution in [0, 0.1) is 6.92 Å². The molecule has 1 aromatic carbocycles. The Morgan fingerprint density at radius 2 is 2.12 bits per heavy atom. The van der Waals surface area contributed by atoms with Crippen molar-refractivity contribution in [3.05, 3.63) is 41.7 Å². The molecule has 5 nitrogen and oxygen atoms in total. The molecule has 0 amide bonds. The molecule has 1 N–H and O–H groups in total. The molecule has 0 radical (unpaired) electrons. The second-order valence-corrected chi connectivity index (χ2v) is 3.93. The maximum Gasteiger partial charge on any atom is 0.312 e. The highest BCUT2D eigenvalue weighted by molar-refractivity contribution is 5.74. The highest BCUT2D eigenvalue weighted by atomic mass is 16.4. The summed E-state index contributed by atoms with van der Waals surface area (Å²) in [5.74, 6) is -1.55. The largest absolute Gasteiger partial charge is 0.481 e. The van der Waals surface area contributed by atoms with E-state index in [-0.39, 0.29) is 0 Å². The number of hydrogen-bond acceptors (Lipinski definition) is 3. The van der Waals surface area contributed by atoms with Crippen molar-refractivity contribution in [3.63, 3.8) is 0 Å². The fourth-order valence-electron chi connectivity index (χ4n) is 1.54. The normalized spacial score (nSPS) is 12.4. The van der Waals surface area contributed by atoms with Crippen LogP contribution in [-0.2, 0) is 4.79 Å². The summed E-state index contributed by atoms with van der Waals surface area (Å²) >= 11 is 0. The molecule has 5 heteroatoms. The molecule has 2 aromatic rings. The summed E-state index contributed by atoms with van der Waals surface area (Å²) in [5, 5.41) is 16.7. The van der Waals surface area contributed by atoms with Crippen LogP contribution in [0.3, 0.4) is 0 Å². The topological polar surface area (TPSA) is 68.0 Å². The Bertz CT molecular complexity index is 548. The molecule has 17 heavy (non-hydrogen) atoms. The van der Waals surface area contributed by atoms with Gasteiger partial charge in [0.1, 0.15) is 0 Å². The Kier molecular flexibility index (Phi) is 2.91. The lowest BCUT2D eigenvalue weighted by Crippen LogP contribution is -2.07. The van der Waals surface area contributed by atoms with Crippen molar-refractivity contribution in [1.82, 2.24) is 15.0 Å². The number of nitrogens with zero attached hydrogens (tertiary/aromatic N) is 3. The fourth-order valence-corrected chi connectivity index (χ4v) is 1.54. The summed E-state index contributed by atoms with van der Waals surface area (Å²) in [5.41, 5.74) is 2.43. The Morgan fingerprint density at radius 3 is 2.76 bits per heavy atom. The number of carbonyl (C=O) groups is 1. The molecule has 1 heterocycles. The number of aryl methyl sites for hydroxylation is 1. The molecule has 1 unspecified atom stereocenters. The van der Waals surface area contributed by atoms with Crippen molar-refractivity contribution in [1.29, 1.82) is 0 Å². The highest BCUT2D eigenvalue weighted by Crippen LogP contribution is 2.16. The summed E-state index contributed by atoms with van der Waals surface area (Å²) in [6.45, 7) is 3.56. The van der Waals surface area contributed by atoms with Crippen LogP contribution in [0.1, 0.15) is 24.1 Å². The minimum absolute atomic E-state index is 0.459. The summed E-state index contributed by atoms with van der Waals surface area (Å²) in [4.78, 5) is 10.8. The van der Waals surface area contributed by atoms with E-state index in [2.05, 4.69) is 10.3 Å². The molecule has 1 atom stereocenters. The van der Waals surface area contributed by atoms with Gasteiger partial charge in [0.25, 0.3) is 0 Å². The van der Waals surface area contributed by atoms with Gasteiger partial charge in [-0.1, -0.05) is 23.4 Å². The molecular weight excluding hydrogens is 218 g/mol. The number of benzene rings is 1. The van der Waals surface area contributed by atoms with Crippen molar-refractivity contribution < 1.29 is 9.90 Å². The van der Waals surface area contributed by atoms with Gasteiger partial charge in [0.05, 0.1) is 23.5 Å². The van der Waals surface area contributed by atoms with Crippen LogP contribution in [0.25, 0.3) is 5.69 Å². The van der Waals surface area contributed by atoms with E-state index in [9.17, 15) is 4.79 Å². The van der Waals surface area contributed by atoms with Gasteiger partial charge < -0.3 is 5.11 Å².